The van der Waals surface area contributed by atoms with Crippen LogP contribution in [-0.4, -0.2) is 24.8 Å². The lowest BCUT2D eigenvalue weighted by molar-refractivity contribution is -0.206. The summed E-state index contributed by atoms with van der Waals surface area (Å²) in [5.74, 6) is 0.643. The number of Topliss-reactive ketones (excluding diaryl/α,β-unsaturated/α-hetero) is 1. The van der Waals surface area contributed by atoms with Crippen LogP contribution in [0, 0.1) is 11.8 Å². The predicted molar refractivity (Wildman–Crippen MR) is 79.4 cm³/mol. The molecule has 1 saturated heterocycles. The molecule has 0 amide bonds. The second-order valence-electron chi connectivity index (χ2n) is 6.17. The van der Waals surface area contributed by atoms with Crippen molar-refractivity contribution in [3.05, 3.63) is 12.2 Å². The Labute approximate surface area is 122 Å². The molecular weight excluding hydrogens is 252 g/mol. The van der Waals surface area contributed by atoms with E-state index in [1.807, 2.05) is 0 Å². The molecule has 0 aromatic rings. The molecule has 0 bridgehead atoms. The topological polar surface area (TPSA) is 35.5 Å². The molecule has 1 heterocycles. The van der Waals surface area contributed by atoms with E-state index in [0.717, 1.165) is 19.3 Å². The van der Waals surface area contributed by atoms with E-state index in [2.05, 4.69) is 26.0 Å². The van der Waals surface area contributed by atoms with Crippen molar-refractivity contribution in [3.8, 4) is 0 Å². The lowest BCUT2D eigenvalue weighted by Crippen LogP contribution is -2.45. The van der Waals surface area contributed by atoms with Crippen LogP contribution in [0.1, 0.15) is 58.8 Å². The van der Waals surface area contributed by atoms with Gasteiger partial charge in [0.1, 0.15) is 0 Å². The number of hydrogen-bond donors (Lipinski definition) is 0. The Balaban J connectivity index is 1.75. The molecule has 1 fully saturated rings. The quantitative estimate of drug-likeness (QED) is 0.524. The van der Waals surface area contributed by atoms with E-state index in [4.69, 9.17) is 9.47 Å². The SMILES string of the molecule is CCCCCC[C@@H](C)O[C@@H]1OC[C@H]2CC=CC[C@H]2C1=O. The standard InChI is InChI=1S/C17H28O3/c1-3-4-5-6-9-13(2)20-17-16(18)15-11-8-7-10-14(15)12-19-17/h7-8,13-15,17H,3-6,9-12H2,1-2H3/t13-,14-,15-,17+/m1/s1. The Morgan fingerprint density at radius 2 is 2.10 bits per heavy atom. The van der Waals surface area contributed by atoms with Gasteiger partial charge in [-0.15, -0.1) is 0 Å². The minimum atomic E-state index is -0.621. The lowest BCUT2D eigenvalue weighted by Gasteiger charge is -2.36. The fourth-order valence-electron chi connectivity index (χ4n) is 3.12. The van der Waals surface area contributed by atoms with Crippen LogP contribution in [0.5, 0.6) is 0 Å². The van der Waals surface area contributed by atoms with Crippen LogP contribution in [0.3, 0.4) is 0 Å². The van der Waals surface area contributed by atoms with Gasteiger partial charge in [0.2, 0.25) is 6.29 Å². The molecule has 0 radical (unpaired) electrons. The summed E-state index contributed by atoms with van der Waals surface area (Å²) in [6, 6.07) is 0. The smallest absolute Gasteiger partial charge is 0.218 e. The normalized spacial score (nSPS) is 31.1. The molecule has 20 heavy (non-hydrogen) atoms. The zero-order chi connectivity index (χ0) is 14.4. The highest BCUT2D eigenvalue weighted by atomic mass is 16.7. The number of ketones is 1. The summed E-state index contributed by atoms with van der Waals surface area (Å²) in [5, 5.41) is 0. The predicted octanol–water partition coefficient (Wildman–Crippen LogP) is 3.87. The van der Waals surface area contributed by atoms with E-state index in [1.54, 1.807) is 0 Å². The van der Waals surface area contributed by atoms with Crippen molar-refractivity contribution >= 4 is 5.78 Å². The van der Waals surface area contributed by atoms with Crippen LogP contribution in [0.4, 0.5) is 0 Å². The summed E-state index contributed by atoms with van der Waals surface area (Å²) in [5.41, 5.74) is 0. The zero-order valence-corrected chi connectivity index (χ0v) is 12.8. The van der Waals surface area contributed by atoms with Gasteiger partial charge in [-0.25, -0.2) is 0 Å². The number of hydrogen-bond acceptors (Lipinski definition) is 3. The third-order valence-electron chi connectivity index (χ3n) is 4.44. The molecule has 0 spiro atoms. The molecule has 3 heteroatoms. The number of carbonyl (C=O) groups is 1. The van der Waals surface area contributed by atoms with Crippen LogP contribution in [-0.2, 0) is 14.3 Å². The van der Waals surface area contributed by atoms with Crippen molar-refractivity contribution in [2.45, 2.75) is 71.2 Å². The fourth-order valence-corrected chi connectivity index (χ4v) is 3.12. The summed E-state index contributed by atoms with van der Waals surface area (Å²) in [7, 11) is 0. The first-order valence-corrected chi connectivity index (χ1v) is 8.18. The van der Waals surface area contributed by atoms with Gasteiger partial charge in [-0.3, -0.25) is 4.79 Å². The van der Waals surface area contributed by atoms with Crippen molar-refractivity contribution in [2.24, 2.45) is 11.8 Å². The van der Waals surface area contributed by atoms with Gasteiger partial charge in [-0.05, 0) is 32.1 Å². The lowest BCUT2D eigenvalue weighted by atomic mass is 9.79. The van der Waals surface area contributed by atoms with Crippen molar-refractivity contribution < 1.29 is 14.3 Å². The van der Waals surface area contributed by atoms with E-state index in [1.165, 1.54) is 25.7 Å². The van der Waals surface area contributed by atoms with Gasteiger partial charge >= 0.3 is 0 Å². The van der Waals surface area contributed by atoms with Gasteiger partial charge in [-0.1, -0.05) is 44.8 Å². The molecule has 0 unspecified atom stereocenters. The largest absolute Gasteiger partial charge is 0.346 e. The molecular formula is C17H28O3. The van der Waals surface area contributed by atoms with Crippen molar-refractivity contribution in [1.82, 2.24) is 0 Å². The van der Waals surface area contributed by atoms with Gasteiger partial charge in [0.15, 0.2) is 5.78 Å². The molecule has 4 atom stereocenters. The summed E-state index contributed by atoms with van der Waals surface area (Å²) in [4.78, 5) is 12.4. The van der Waals surface area contributed by atoms with E-state index >= 15 is 0 Å². The highest BCUT2D eigenvalue weighted by Crippen LogP contribution is 2.32. The summed E-state index contributed by atoms with van der Waals surface area (Å²) >= 11 is 0. The van der Waals surface area contributed by atoms with Crippen molar-refractivity contribution in [1.29, 1.82) is 0 Å². The van der Waals surface area contributed by atoms with Crippen LogP contribution in [0.2, 0.25) is 0 Å². The average Bonchev–Trinajstić information content (AvgIpc) is 2.47. The molecule has 1 aliphatic heterocycles. The number of allylic oxidation sites excluding steroid dienone is 2. The third kappa shape index (κ3) is 4.16. The molecule has 0 N–H and O–H groups in total. The van der Waals surface area contributed by atoms with E-state index in [9.17, 15) is 4.79 Å². The maximum absolute atomic E-state index is 12.4. The van der Waals surface area contributed by atoms with Crippen molar-refractivity contribution in [3.63, 3.8) is 0 Å². The summed E-state index contributed by atoms with van der Waals surface area (Å²) in [6.45, 7) is 4.92. The number of unbranched alkanes of at least 4 members (excludes halogenated alkanes) is 3. The highest BCUT2D eigenvalue weighted by molar-refractivity contribution is 5.85. The summed E-state index contributed by atoms with van der Waals surface area (Å²) in [6.07, 6.45) is 11.6. The highest BCUT2D eigenvalue weighted by Gasteiger charge is 2.40. The minimum absolute atomic E-state index is 0.108. The van der Waals surface area contributed by atoms with E-state index in [0.29, 0.717) is 12.5 Å². The number of rotatable bonds is 7. The van der Waals surface area contributed by atoms with Crippen molar-refractivity contribution in [2.75, 3.05) is 6.61 Å². The fraction of sp³-hybridized carbons (Fsp3) is 0.824. The molecule has 0 aromatic carbocycles. The van der Waals surface area contributed by atoms with Gasteiger partial charge < -0.3 is 9.47 Å². The molecule has 0 saturated carbocycles. The average molecular weight is 280 g/mol. The maximum Gasteiger partial charge on any atom is 0.218 e. The van der Waals surface area contributed by atoms with Crippen LogP contribution >= 0.6 is 0 Å². The number of ether oxygens (including phenoxy) is 2. The molecule has 2 aliphatic rings. The van der Waals surface area contributed by atoms with E-state index in [-0.39, 0.29) is 17.8 Å². The first-order valence-electron chi connectivity index (χ1n) is 8.18. The molecule has 2 rings (SSSR count). The summed E-state index contributed by atoms with van der Waals surface area (Å²) < 4.78 is 11.5. The number of carbonyl (C=O) groups excluding carboxylic acids is 1. The van der Waals surface area contributed by atoms with Gasteiger partial charge in [0.05, 0.1) is 12.7 Å². The van der Waals surface area contributed by atoms with Crippen LogP contribution in [0.15, 0.2) is 12.2 Å². The van der Waals surface area contributed by atoms with E-state index < -0.39 is 6.29 Å². The third-order valence-corrected chi connectivity index (χ3v) is 4.44. The Morgan fingerprint density at radius 3 is 2.90 bits per heavy atom. The Morgan fingerprint density at radius 1 is 1.30 bits per heavy atom. The monoisotopic (exact) mass is 280 g/mol. The Bertz CT molecular complexity index is 337. The van der Waals surface area contributed by atoms with Gasteiger partial charge in [0, 0.05) is 5.92 Å². The molecule has 3 nitrogen and oxygen atoms in total. The zero-order valence-electron chi connectivity index (χ0n) is 12.8. The first kappa shape index (κ1) is 15.7. The Hall–Kier alpha value is -0.670. The molecule has 114 valence electrons. The minimum Gasteiger partial charge on any atom is -0.346 e. The molecule has 1 aliphatic carbocycles. The second kappa shape index (κ2) is 7.94. The maximum atomic E-state index is 12.4. The van der Waals surface area contributed by atoms with Gasteiger partial charge in [0.25, 0.3) is 0 Å². The Kier molecular flexibility index (Phi) is 6.24. The first-order chi connectivity index (χ1) is 9.72. The molecule has 0 aromatic heterocycles. The number of fused-ring (bicyclic) bond motifs is 1. The van der Waals surface area contributed by atoms with Crippen LogP contribution in [0.25, 0.3) is 0 Å². The van der Waals surface area contributed by atoms with Crippen LogP contribution < -0.4 is 0 Å². The second-order valence-corrected chi connectivity index (χ2v) is 6.17. The van der Waals surface area contributed by atoms with Gasteiger partial charge in [-0.2, -0.15) is 0 Å².